The zero-order valence-electron chi connectivity index (χ0n) is 8.25. The standard InChI is InChI=1S/C10H10ClFO3/c1-5(10(13)14)6-3-8(12)7(11)4-9(6)15-2/h3-5H,1-2H3,(H,13,14). The lowest BCUT2D eigenvalue weighted by atomic mass is 10.0. The van der Waals surface area contributed by atoms with Gasteiger partial charge in [0.2, 0.25) is 0 Å². The van der Waals surface area contributed by atoms with Crippen LogP contribution in [0.2, 0.25) is 5.02 Å². The summed E-state index contributed by atoms with van der Waals surface area (Å²) < 4.78 is 18.1. The Morgan fingerprint density at radius 2 is 2.20 bits per heavy atom. The molecule has 1 rings (SSSR count). The van der Waals surface area contributed by atoms with Gasteiger partial charge >= 0.3 is 5.97 Å². The second-order valence-corrected chi connectivity index (χ2v) is 3.48. The molecule has 5 heteroatoms. The zero-order valence-corrected chi connectivity index (χ0v) is 9.01. The number of aliphatic carboxylic acids is 1. The molecule has 1 aromatic carbocycles. The summed E-state index contributed by atoms with van der Waals surface area (Å²) in [6.45, 7) is 1.45. The maximum absolute atomic E-state index is 13.1. The molecule has 82 valence electrons. The summed E-state index contributed by atoms with van der Waals surface area (Å²) in [5, 5.41) is 8.71. The highest BCUT2D eigenvalue weighted by Crippen LogP contribution is 2.31. The lowest BCUT2D eigenvalue weighted by Crippen LogP contribution is -2.09. The molecule has 0 heterocycles. The van der Waals surface area contributed by atoms with Gasteiger partial charge in [0.15, 0.2) is 0 Å². The fraction of sp³-hybridized carbons (Fsp3) is 0.300. The highest BCUT2D eigenvalue weighted by Gasteiger charge is 2.20. The number of ether oxygens (including phenoxy) is 1. The summed E-state index contributed by atoms with van der Waals surface area (Å²) in [7, 11) is 1.38. The number of carboxylic acid groups (broad SMARTS) is 1. The van der Waals surface area contributed by atoms with Crippen LogP contribution < -0.4 is 4.74 Å². The van der Waals surface area contributed by atoms with Gasteiger partial charge in [0, 0.05) is 11.6 Å². The van der Waals surface area contributed by atoms with Gasteiger partial charge < -0.3 is 9.84 Å². The van der Waals surface area contributed by atoms with Crippen molar-refractivity contribution in [2.75, 3.05) is 7.11 Å². The van der Waals surface area contributed by atoms with E-state index in [0.717, 1.165) is 6.07 Å². The molecule has 1 aromatic rings. The first-order valence-corrected chi connectivity index (χ1v) is 4.61. The quantitative estimate of drug-likeness (QED) is 0.872. The van der Waals surface area contributed by atoms with Crippen molar-refractivity contribution >= 4 is 17.6 Å². The van der Waals surface area contributed by atoms with Crippen molar-refractivity contribution in [3.05, 3.63) is 28.5 Å². The topological polar surface area (TPSA) is 46.5 Å². The van der Waals surface area contributed by atoms with E-state index in [-0.39, 0.29) is 16.3 Å². The van der Waals surface area contributed by atoms with Gasteiger partial charge in [-0.05, 0) is 13.0 Å². The normalized spacial score (nSPS) is 12.3. The van der Waals surface area contributed by atoms with Crippen LogP contribution in [0.1, 0.15) is 18.4 Å². The minimum absolute atomic E-state index is 0.0896. The molecular weight excluding hydrogens is 223 g/mol. The molecule has 0 amide bonds. The van der Waals surface area contributed by atoms with Gasteiger partial charge in [-0.1, -0.05) is 11.6 Å². The van der Waals surface area contributed by atoms with Crippen LogP contribution in [0.4, 0.5) is 4.39 Å². The van der Waals surface area contributed by atoms with Crippen LogP contribution in [-0.2, 0) is 4.79 Å². The maximum Gasteiger partial charge on any atom is 0.310 e. The number of carboxylic acids is 1. The lowest BCUT2D eigenvalue weighted by molar-refractivity contribution is -0.138. The third-order valence-corrected chi connectivity index (χ3v) is 2.40. The molecule has 0 saturated heterocycles. The summed E-state index contributed by atoms with van der Waals surface area (Å²) in [4.78, 5) is 10.8. The third-order valence-electron chi connectivity index (χ3n) is 2.11. The molecular formula is C10H10ClFO3. The number of carbonyl (C=O) groups is 1. The first-order valence-electron chi connectivity index (χ1n) is 4.23. The van der Waals surface area contributed by atoms with E-state index in [1.54, 1.807) is 0 Å². The van der Waals surface area contributed by atoms with Gasteiger partial charge in [-0.25, -0.2) is 4.39 Å². The summed E-state index contributed by atoms with van der Waals surface area (Å²) in [5.74, 6) is -2.27. The van der Waals surface area contributed by atoms with E-state index in [9.17, 15) is 9.18 Å². The van der Waals surface area contributed by atoms with Gasteiger partial charge in [-0.3, -0.25) is 4.79 Å². The molecule has 0 aromatic heterocycles. The first kappa shape index (κ1) is 11.8. The van der Waals surface area contributed by atoms with Crippen molar-refractivity contribution in [3.63, 3.8) is 0 Å². The van der Waals surface area contributed by atoms with Gasteiger partial charge in [-0.15, -0.1) is 0 Å². The van der Waals surface area contributed by atoms with Crippen molar-refractivity contribution in [2.24, 2.45) is 0 Å². The van der Waals surface area contributed by atoms with Crippen molar-refractivity contribution in [1.82, 2.24) is 0 Å². The van der Waals surface area contributed by atoms with Crippen LogP contribution in [0.25, 0.3) is 0 Å². The van der Waals surface area contributed by atoms with E-state index in [0.29, 0.717) is 0 Å². The van der Waals surface area contributed by atoms with Crippen molar-refractivity contribution in [3.8, 4) is 5.75 Å². The number of hydrogen-bond acceptors (Lipinski definition) is 2. The molecule has 0 saturated carbocycles. The molecule has 1 atom stereocenters. The Bertz CT molecular complexity index is 392. The van der Waals surface area contributed by atoms with Crippen molar-refractivity contribution in [1.29, 1.82) is 0 Å². The minimum Gasteiger partial charge on any atom is -0.496 e. The van der Waals surface area contributed by atoms with E-state index in [1.807, 2.05) is 0 Å². The monoisotopic (exact) mass is 232 g/mol. The fourth-order valence-corrected chi connectivity index (χ4v) is 1.35. The predicted molar refractivity (Wildman–Crippen MR) is 54.0 cm³/mol. The summed E-state index contributed by atoms with van der Waals surface area (Å²) >= 11 is 5.55. The molecule has 0 bridgehead atoms. The third kappa shape index (κ3) is 2.39. The maximum atomic E-state index is 13.1. The Morgan fingerprint density at radius 1 is 1.60 bits per heavy atom. The molecule has 0 spiro atoms. The van der Waals surface area contributed by atoms with Gasteiger partial charge in [0.05, 0.1) is 18.1 Å². The van der Waals surface area contributed by atoms with Crippen LogP contribution in [0, 0.1) is 5.82 Å². The Kier molecular flexibility index (Phi) is 3.52. The van der Waals surface area contributed by atoms with Gasteiger partial charge in [0.1, 0.15) is 11.6 Å². The molecule has 1 N–H and O–H groups in total. The summed E-state index contributed by atoms with van der Waals surface area (Å²) in [6, 6.07) is 2.35. The smallest absolute Gasteiger partial charge is 0.310 e. The molecule has 3 nitrogen and oxygen atoms in total. The van der Waals surface area contributed by atoms with E-state index < -0.39 is 17.7 Å². The average molecular weight is 233 g/mol. The summed E-state index contributed by atoms with van der Waals surface area (Å²) in [5.41, 5.74) is 0.270. The minimum atomic E-state index is -1.05. The Labute approximate surface area is 91.4 Å². The highest BCUT2D eigenvalue weighted by molar-refractivity contribution is 6.30. The van der Waals surface area contributed by atoms with Crippen LogP contribution in [0.15, 0.2) is 12.1 Å². The van der Waals surface area contributed by atoms with E-state index in [2.05, 4.69) is 0 Å². The van der Waals surface area contributed by atoms with Crippen LogP contribution in [0.5, 0.6) is 5.75 Å². The van der Waals surface area contributed by atoms with Crippen LogP contribution in [0.3, 0.4) is 0 Å². The highest BCUT2D eigenvalue weighted by atomic mass is 35.5. The van der Waals surface area contributed by atoms with Crippen LogP contribution >= 0.6 is 11.6 Å². The van der Waals surface area contributed by atoms with E-state index in [4.69, 9.17) is 21.4 Å². The fourth-order valence-electron chi connectivity index (χ4n) is 1.19. The molecule has 0 aliphatic rings. The number of benzene rings is 1. The number of hydrogen-bond donors (Lipinski definition) is 1. The zero-order chi connectivity index (χ0) is 11.6. The van der Waals surface area contributed by atoms with Crippen molar-refractivity contribution in [2.45, 2.75) is 12.8 Å². The molecule has 0 radical (unpaired) electrons. The molecule has 0 fully saturated rings. The molecule has 0 aliphatic heterocycles. The summed E-state index contributed by atoms with van der Waals surface area (Å²) in [6.07, 6.45) is 0. The van der Waals surface area contributed by atoms with Gasteiger partial charge in [0.25, 0.3) is 0 Å². The van der Waals surface area contributed by atoms with E-state index in [1.165, 1.54) is 20.1 Å². The number of halogens is 2. The number of rotatable bonds is 3. The Hall–Kier alpha value is -1.29. The SMILES string of the molecule is COc1cc(Cl)c(F)cc1C(C)C(=O)O. The lowest BCUT2D eigenvalue weighted by Gasteiger charge is -2.12. The molecule has 1 unspecified atom stereocenters. The largest absolute Gasteiger partial charge is 0.496 e. The van der Waals surface area contributed by atoms with Gasteiger partial charge in [-0.2, -0.15) is 0 Å². The molecule has 0 aliphatic carbocycles. The second-order valence-electron chi connectivity index (χ2n) is 3.07. The van der Waals surface area contributed by atoms with Crippen LogP contribution in [-0.4, -0.2) is 18.2 Å². The average Bonchev–Trinajstić information content (AvgIpc) is 2.20. The number of methoxy groups -OCH3 is 1. The predicted octanol–water partition coefficient (Wildman–Crippen LogP) is 2.68. The van der Waals surface area contributed by atoms with E-state index >= 15 is 0 Å². The molecule has 15 heavy (non-hydrogen) atoms. The van der Waals surface area contributed by atoms with Crippen molar-refractivity contribution < 1.29 is 19.0 Å². The Morgan fingerprint density at radius 3 is 2.67 bits per heavy atom. The Balaban J connectivity index is 3.27. The second kappa shape index (κ2) is 4.49. The first-order chi connectivity index (χ1) is 6.97.